The van der Waals surface area contributed by atoms with Crippen LogP contribution >= 0.6 is 0 Å². The Labute approximate surface area is 91.2 Å². The SMILES string of the molecule is CCOC(=O)N1CCC(CCO)C(C)C1. The van der Waals surface area contributed by atoms with E-state index in [9.17, 15) is 4.79 Å². The number of aliphatic hydroxyl groups excluding tert-OH is 1. The van der Waals surface area contributed by atoms with Gasteiger partial charge in [-0.2, -0.15) is 0 Å². The van der Waals surface area contributed by atoms with E-state index in [2.05, 4.69) is 6.92 Å². The molecule has 15 heavy (non-hydrogen) atoms. The number of nitrogens with zero attached hydrogens (tertiary/aromatic N) is 1. The Balaban J connectivity index is 2.39. The number of carbonyl (C=O) groups is 1. The Morgan fingerprint density at radius 3 is 2.87 bits per heavy atom. The van der Waals surface area contributed by atoms with Crippen molar-refractivity contribution in [3.8, 4) is 0 Å². The molecule has 2 atom stereocenters. The summed E-state index contributed by atoms with van der Waals surface area (Å²) in [7, 11) is 0. The second kappa shape index (κ2) is 5.95. The van der Waals surface area contributed by atoms with Crippen LogP contribution in [0, 0.1) is 11.8 Å². The summed E-state index contributed by atoms with van der Waals surface area (Å²) >= 11 is 0. The maximum atomic E-state index is 11.5. The summed E-state index contributed by atoms with van der Waals surface area (Å²) in [5, 5.41) is 8.89. The van der Waals surface area contributed by atoms with Crippen LogP contribution in [-0.4, -0.2) is 42.4 Å². The number of carbonyl (C=O) groups excluding carboxylic acids is 1. The second-order valence-corrected chi connectivity index (χ2v) is 4.18. The Morgan fingerprint density at radius 2 is 2.33 bits per heavy atom. The highest BCUT2D eigenvalue weighted by Gasteiger charge is 2.28. The van der Waals surface area contributed by atoms with Crippen LogP contribution < -0.4 is 0 Å². The molecule has 0 aromatic heterocycles. The van der Waals surface area contributed by atoms with Crippen LogP contribution in [0.15, 0.2) is 0 Å². The number of piperidine rings is 1. The van der Waals surface area contributed by atoms with Crippen LogP contribution in [0.5, 0.6) is 0 Å². The van der Waals surface area contributed by atoms with Gasteiger partial charge in [0, 0.05) is 19.7 Å². The van der Waals surface area contributed by atoms with Crippen molar-refractivity contribution in [2.24, 2.45) is 11.8 Å². The number of amides is 1. The lowest BCUT2D eigenvalue weighted by molar-refractivity contribution is 0.0697. The summed E-state index contributed by atoms with van der Waals surface area (Å²) in [6.07, 6.45) is 1.62. The smallest absolute Gasteiger partial charge is 0.409 e. The zero-order chi connectivity index (χ0) is 11.3. The van der Waals surface area contributed by atoms with E-state index < -0.39 is 0 Å². The van der Waals surface area contributed by atoms with Gasteiger partial charge in [0.1, 0.15) is 0 Å². The maximum absolute atomic E-state index is 11.5. The molecular formula is C11H21NO3. The van der Waals surface area contributed by atoms with Crippen LogP contribution in [-0.2, 0) is 4.74 Å². The fourth-order valence-corrected chi connectivity index (χ4v) is 2.17. The van der Waals surface area contributed by atoms with E-state index in [-0.39, 0.29) is 12.7 Å². The molecule has 0 aromatic rings. The van der Waals surface area contributed by atoms with Gasteiger partial charge in [0.25, 0.3) is 0 Å². The molecule has 1 rings (SSSR count). The predicted molar refractivity (Wildman–Crippen MR) is 57.6 cm³/mol. The summed E-state index contributed by atoms with van der Waals surface area (Å²) < 4.78 is 4.96. The average Bonchev–Trinajstić information content (AvgIpc) is 2.21. The highest BCUT2D eigenvalue weighted by atomic mass is 16.6. The van der Waals surface area contributed by atoms with Gasteiger partial charge in [0.05, 0.1) is 6.61 Å². The molecule has 1 N–H and O–H groups in total. The van der Waals surface area contributed by atoms with E-state index in [1.165, 1.54) is 0 Å². The molecule has 1 aliphatic rings. The molecule has 2 unspecified atom stereocenters. The van der Waals surface area contributed by atoms with Gasteiger partial charge in [-0.15, -0.1) is 0 Å². The van der Waals surface area contributed by atoms with Gasteiger partial charge >= 0.3 is 6.09 Å². The van der Waals surface area contributed by atoms with E-state index >= 15 is 0 Å². The minimum absolute atomic E-state index is 0.202. The summed E-state index contributed by atoms with van der Waals surface area (Å²) in [4.78, 5) is 13.2. The second-order valence-electron chi connectivity index (χ2n) is 4.18. The Kier molecular flexibility index (Phi) is 4.88. The molecule has 0 bridgehead atoms. The summed E-state index contributed by atoms with van der Waals surface area (Å²) in [6, 6.07) is 0. The molecule has 0 aromatic carbocycles. The van der Waals surface area contributed by atoms with Gasteiger partial charge < -0.3 is 14.7 Å². The lowest BCUT2D eigenvalue weighted by atomic mass is 9.85. The lowest BCUT2D eigenvalue weighted by Gasteiger charge is -2.36. The van der Waals surface area contributed by atoms with Crippen LogP contribution in [0.3, 0.4) is 0 Å². The minimum Gasteiger partial charge on any atom is -0.450 e. The molecule has 1 aliphatic heterocycles. The normalized spacial score (nSPS) is 26.5. The summed E-state index contributed by atoms with van der Waals surface area (Å²) in [6.45, 7) is 6.14. The van der Waals surface area contributed by atoms with Gasteiger partial charge in [0.15, 0.2) is 0 Å². The third-order valence-electron chi connectivity index (χ3n) is 3.11. The molecule has 4 heteroatoms. The average molecular weight is 215 g/mol. The Hall–Kier alpha value is -0.770. The molecule has 0 aliphatic carbocycles. The third-order valence-corrected chi connectivity index (χ3v) is 3.11. The first-order valence-corrected chi connectivity index (χ1v) is 5.71. The largest absolute Gasteiger partial charge is 0.450 e. The highest BCUT2D eigenvalue weighted by Crippen LogP contribution is 2.26. The van der Waals surface area contributed by atoms with Crippen molar-refractivity contribution >= 4 is 6.09 Å². The molecule has 0 radical (unpaired) electrons. The monoisotopic (exact) mass is 215 g/mol. The molecule has 1 amide bonds. The Morgan fingerprint density at radius 1 is 1.60 bits per heavy atom. The first-order chi connectivity index (χ1) is 7.19. The van der Waals surface area contributed by atoms with Crippen molar-refractivity contribution in [1.29, 1.82) is 0 Å². The van der Waals surface area contributed by atoms with Crippen LogP contribution in [0.25, 0.3) is 0 Å². The summed E-state index contributed by atoms with van der Waals surface area (Å²) in [5.74, 6) is 0.996. The minimum atomic E-state index is -0.202. The van der Waals surface area contributed by atoms with Gasteiger partial charge in [0.2, 0.25) is 0 Å². The predicted octanol–water partition coefficient (Wildman–Crippen LogP) is 1.48. The van der Waals surface area contributed by atoms with E-state index in [0.29, 0.717) is 18.4 Å². The van der Waals surface area contributed by atoms with E-state index in [1.54, 1.807) is 4.90 Å². The molecule has 1 heterocycles. The van der Waals surface area contributed by atoms with Crippen molar-refractivity contribution in [3.63, 3.8) is 0 Å². The van der Waals surface area contributed by atoms with Crippen LogP contribution in [0.2, 0.25) is 0 Å². The molecule has 88 valence electrons. The van der Waals surface area contributed by atoms with E-state index in [0.717, 1.165) is 25.9 Å². The van der Waals surface area contributed by atoms with Crippen LogP contribution in [0.4, 0.5) is 4.79 Å². The molecular weight excluding hydrogens is 194 g/mol. The highest BCUT2D eigenvalue weighted by molar-refractivity contribution is 5.67. The molecule has 0 saturated carbocycles. The number of hydrogen-bond acceptors (Lipinski definition) is 3. The first-order valence-electron chi connectivity index (χ1n) is 5.71. The number of hydrogen-bond donors (Lipinski definition) is 1. The van der Waals surface area contributed by atoms with Crippen LogP contribution in [0.1, 0.15) is 26.7 Å². The molecule has 1 saturated heterocycles. The first kappa shape index (κ1) is 12.3. The van der Waals surface area contributed by atoms with Gasteiger partial charge in [-0.25, -0.2) is 4.79 Å². The molecule has 0 spiro atoms. The quantitative estimate of drug-likeness (QED) is 0.776. The number of aliphatic hydroxyl groups is 1. The molecule has 1 fully saturated rings. The van der Waals surface area contributed by atoms with Crippen molar-refractivity contribution in [3.05, 3.63) is 0 Å². The molecule has 4 nitrogen and oxygen atoms in total. The Bertz CT molecular complexity index is 208. The van der Waals surface area contributed by atoms with E-state index in [1.807, 2.05) is 6.92 Å². The van der Waals surface area contributed by atoms with Gasteiger partial charge in [-0.1, -0.05) is 6.92 Å². The topological polar surface area (TPSA) is 49.8 Å². The maximum Gasteiger partial charge on any atom is 0.409 e. The number of likely N-dealkylation sites (tertiary alicyclic amines) is 1. The number of ether oxygens (including phenoxy) is 1. The van der Waals surface area contributed by atoms with Gasteiger partial charge in [-0.3, -0.25) is 0 Å². The number of rotatable bonds is 3. The zero-order valence-electron chi connectivity index (χ0n) is 9.61. The lowest BCUT2D eigenvalue weighted by Crippen LogP contribution is -2.43. The van der Waals surface area contributed by atoms with Gasteiger partial charge in [-0.05, 0) is 31.6 Å². The third kappa shape index (κ3) is 3.38. The fraction of sp³-hybridized carbons (Fsp3) is 0.909. The zero-order valence-corrected chi connectivity index (χ0v) is 9.61. The van der Waals surface area contributed by atoms with Crippen molar-refractivity contribution < 1.29 is 14.6 Å². The summed E-state index contributed by atoms with van der Waals surface area (Å²) in [5.41, 5.74) is 0. The van der Waals surface area contributed by atoms with Crippen molar-refractivity contribution in [2.75, 3.05) is 26.3 Å². The fourth-order valence-electron chi connectivity index (χ4n) is 2.17. The van der Waals surface area contributed by atoms with Crippen molar-refractivity contribution in [1.82, 2.24) is 4.90 Å². The van der Waals surface area contributed by atoms with E-state index in [4.69, 9.17) is 9.84 Å². The standard InChI is InChI=1S/C11H21NO3/c1-3-15-11(14)12-6-4-10(5-7-13)9(2)8-12/h9-10,13H,3-8H2,1-2H3. The van der Waals surface area contributed by atoms with Crippen molar-refractivity contribution in [2.45, 2.75) is 26.7 Å².